The molecule has 0 fully saturated rings. The summed E-state index contributed by atoms with van der Waals surface area (Å²) in [5, 5.41) is 6.78. The van der Waals surface area contributed by atoms with Crippen LogP contribution in [0, 0.1) is 83.1 Å². The second-order valence-electron chi connectivity index (χ2n) is 18.4. The first kappa shape index (κ1) is 40.9. The molecule has 0 radical (unpaired) electrons. The Morgan fingerprint density at radius 3 is 0.719 bits per heavy atom. The molecule has 314 valence electrons. The molecule has 0 atom stereocenters. The summed E-state index contributed by atoms with van der Waals surface area (Å²) in [7, 11) is 0. The van der Waals surface area contributed by atoms with Crippen molar-refractivity contribution in [3.05, 3.63) is 164 Å². The van der Waals surface area contributed by atoms with Crippen LogP contribution in [0.15, 0.2) is 97.1 Å². The highest BCUT2D eigenvalue weighted by Gasteiger charge is 2.23. The van der Waals surface area contributed by atoms with Crippen molar-refractivity contribution in [2.75, 3.05) is 0 Å². The molecule has 0 saturated heterocycles. The zero-order valence-electron chi connectivity index (χ0n) is 38.9. The predicted molar refractivity (Wildman–Crippen MR) is 266 cm³/mol. The number of rotatable bonds is 6. The fourth-order valence-corrected chi connectivity index (χ4v) is 10.8. The number of hydrogen-bond acceptors (Lipinski definition) is 6. The van der Waals surface area contributed by atoms with Crippen LogP contribution in [-0.2, 0) is 0 Å². The summed E-state index contributed by atoms with van der Waals surface area (Å²) in [6, 6.07) is 35.4. The Balaban J connectivity index is 1.23. The van der Waals surface area contributed by atoms with E-state index in [1.165, 1.54) is 22.3 Å². The average Bonchev–Trinajstić information content (AvgIpc) is 3.21. The van der Waals surface area contributed by atoms with Crippen LogP contribution in [0.4, 0.5) is 0 Å². The van der Waals surface area contributed by atoms with Gasteiger partial charge < -0.3 is 0 Å². The van der Waals surface area contributed by atoms with Crippen molar-refractivity contribution >= 4 is 32.3 Å². The minimum Gasteiger partial charge on any atom is -0.208 e. The van der Waals surface area contributed by atoms with E-state index in [1.807, 2.05) is 0 Å². The fourth-order valence-electron chi connectivity index (χ4n) is 10.8. The lowest BCUT2D eigenvalue weighted by Gasteiger charge is -2.18. The average molecular weight is 833 g/mol. The van der Waals surface area contributed by atoms with Gasteiger partial charge in [0, 0.05) is 33.4 Å². The Morgan fingerprint density at radius 2 is 0.469 bits per heavy atom. The van der Waals surface area contributed by atoms with Gasteiger partial charge >= 0.3 is 0 Å². The quantitative estimate of drug-likeness (QED) is 0.155. The molecule has 0 aliphatic heterocycles. The third-order valence-electron chi connectivity index (χ3n) is 13.0. The summed E-state index contributed by atoms with van der Waals surface area (Å²) in [6.07, 6.45) is 0. The molecule has 64 heavy (non-hydrogen) atoms. The molecule has 10 rings (SSSR count). The van der Waals surface area contributed by atoms with E-state index in [-0.39, 0.29) is 0 Å². The monoisotopic (exact) mass is 832 g/mol. The molecule has 2 aromatic heterocycles. The van der Waals surface area contributed by atoms with Crippen LogP contribution in [0.25, 0.3) is 101 Å². The Bertz CT molecular complexity index is 3100. The van der Waals surface area contributed by atoms with Crippen molar-refractivity contribution in [1.82, 2.24) is 29.9 Å². The van der Waals surface area contributed by atoms with E-state index in [2.05, 4.69) is 180 Å². The Labute approximate surface area is 375 Å². The first-order chi connectivity index (χ1) is 30.6. The lowest BCUT2D eigenvalue weighted by molar-refractivity contribution is 1.06. The van der Waals surface area contributed by atoms with Crippen molar-refractivity contribution in [3.63, 3.8) is 0 Å². The summed E-state index contributed by atoms with van der Waals surface area (Å²) in [5.74, 6) is 4.03. The van der Waals surface area contributed by atoms with Crippen molar-refractivity contribution in [3.8, 4) is 68.3 Å². The van der Waals surface area contributed by atoms with Crippen LogP contribution in [0.2, 0.25) is 0 Å². The maximum absolute atomic E-state index is 5.34. The van der Waals surface area contributed by atoms with Gasteiger partial charge in [-0.05, 0) is 172 Å². The first-order valence-corrected chi connectivity index (χ1v) is 22.2. The van der Waals surface area contributed by atoms with Crippen LogP contribution >= 0.6 is 0 Å². The van der Waals surface area contributed by atoms with Gasteiger partial charge in [-0.15, -0.1) is 0 Å². The zero-order chi connectivity index (χ0) is 44.9. The standard InChI is InChI=1S/C58H52N6/c1-29-21-33(5)47(34(6)22-29)55-59-53(60-56(63-55)48-35(7)23-30(2)24-36(48)8)45-19-15-41-14-18-44-46(20-16-42-13-17-43(45)51(41)52(42)44)54-61-57(49-37(9)25-31(3)26-38(49)10)64-58(62-54)50-39(11)27-32(4)28-40(50)12/h13-28H,1-12H3. The van der Waals surface area contributed by atoms with Gasteiger partial charge in [0.25, 0.3) is 0 Å². The van der Waals surface area contributed by atoms with Crippen molar-refractivity contribution in [1.29, 1.82) is 0 Å². The molecule has 0 saturated carbocycles. The predicted octanol–water partition coefficient (Wildman–Crippen LogP) is 14.7. The number of benzene rings is 8. The van der Waals surface area contributed by atoms with E-state index in [0.717, 1.165) is 110 Å². The van der Waals surface area contributed by atoms with Crippen LogP contribution < -0.4 is 0 Å². The van der Waals surface area contributed by atoms with Crippen LogP contribution in [-0.4, -0.2) is 29.9 Å². The Morgan fingerprint density at radius 1 is 0.250 bits per heavy atom. The van der Waals surface area contributed by atoms with Crippen molar-refractivity contribution in [2.24, 2.45) is 0 Å². The highest BCUT2D eigenvalue weighted by Crippen LogP contribution is 2.43. The molecule has 0 amide bonds. The molecule has 0 bridgehead atoms. The van der Waals surface area contributed by atoms with Crippen LogP contribution in [0.1, 0.15) is 66.8 Å². The number of aromatic nitrogens is 6. The zero-order valence-corrected chi connectivity index (χ0v) is 38.9. The summed E-state index contributed by atoms with van der Waals surface area (Å²) < 4.78 is 0. The molecule has 2 heterocycles. The van der Waals surface area contributed by atoms with E-state index in [0.29, 0.717) is 34.9 Å². The molecular formula is C58H52N6. The molecule has 0 unspecified atom stereocenters. The summed E-state index contributed by atoms with van der Waals surface area (Å²) in [5.41, 5.74) is 20.1. The van der Waals surface area contributed by atoms with E-state index in [9.17, 15) is 0 Å². The lowest BCUT2D eigenvalue weighted by Crippen LogP contribution is -2.05. The normalized spacial score (nSPS) is 11.8. The SMILES string of the molecule is Cc1cc(C)c(-c2nc(-c3c(C)cc(C)cc3C)nc(-c3ccc4ccc5c(-c6nc(-c7c(C)cc(C)cc7C)nc(-c7c(C)cc(C)cc7C)n6)ccc6ccc3c4c65)n2)c(C)c1. The van der Waals surface area contributed by atoms with Gasteiger partial charge in [0.05, 0.1) is 0 Å². The van der Waals surface area contributed by atoms with E-state index in [1.54, 1.807) is 0 Å². The second kappa shape index (κ2) is 15.3. The Hall–Kier alpha value is -7.18. The molecular weight excluding hydrogens is 781 g/mol. The van der Waals surface area contributed by atoms with Crippen molar-refractivity contribution in [2.45, 2.75) is 83.1 Å². The largest absolute Gasteiger partial charge is 0.208 e. The van der Waals surface area contributed by atoms with Gasteiger partial charge in [-0.3, -0.25) is 0 Å². The maximum Gasteiger partial charge on any atom is 0.164 e. The first-order valence-electron chi connectivity index (χ1n) is 22.2. The highest BCUT2D eigenvalue weighted by atomic mass is 15.0. The van der Waals surface area contributed by atoms with Gasteiger partial charge in [-0.25, -0.2) is 29.9 Å². The van der Waals surface area contributed by atoms with E-state index in [4.69, 9.17) is 29.9 Å². The van der Waals surface area contributed by atoms with Crippen LogP contribution in [0.5, 0.6) is 0 Å². The third kappa shape index (κ3) is 6.80. The van der Waals surface area contributed by atoms with Crippen molar-refractivity contribution < 1.29 is 0 Å². The lowest BCUT2D eigenvalue weighted by atomic mass is 9.89. The summed E-state index contributed by atoms with van der Waals surface area (Å²) >= 11 is 0. The Kier molecular flexibility index (Phi) is 9.75. The molecule has 10 aromatic rings. The third-order valence-corrected chi connectivity index (χ3v) is 13.0. The number of hydrogen-bond donors (Lipinski definition) is 0. The van der Waals surface area contributed by atoms with Crippen LogP contribution in [0.3, 0.4) is 0 Å². The molecule has 6 heteroatoms. The maximum atomic E-state index is 5.34. The van der Waals surface area contributed by atoms with E-state index >= 15 is 0 Å². The smallest absolute Gasteiger partial charge is 0.164 e. The summed E-state index contributed by atoms with van der Waals surface area (Å²) in [4.78, 5) is 31.9. The summed E-state index contributed by atoms with van der Waals surface area (Å²) in [6.45, 7) is 25.8. The number of nitrogens with zero attached hydrogens (tertiary/aromatic N) is 6. The fraction of sp³-hybridized carbons (Fsp3) is 0.207. The minimum atomic E-state index is 0.649. The van der Waals surface area contributed by atoms with Gasteiger partial charge in [0.15, 0.2) is 34.9 Å². The van der Waals surface area contributed by atoms with Gasteiger partial charge in [0.2, 0.25) is 0 Å². The van der Waals surface area contributed by atoms with E-state index < -0.39 is 0 Å². The highest BCUT2D eigenvalue weighted by molar-refractivity contribution is 6.27. The van der Waals surface area contributed by atoms with Gasteiger partial charge in [-0.1, -0.05) is 107 Å². The topological polar surface area (TPSA) is 77.3 Å². The molecule has 0 spiro atoms. The molecule has 0 aliphatic carbocycles. The second-order valence-corrected chi connectivity index (χ2v) is 18.4. The molecule has 0 N–H and O–H groups in total. The minimum absolute atomic E-state index is 0.649. The molecule has 6 nitrogen and oxygen atoms in total. The molecule has 8 aromatic carbocycles. The number of aryl methyl sites for hydroxylation is 12. The van der Waals surface area contributed by atoms with Gasteiger partial charge in [0.1, 0.15) is 0 Å². The molecule has 0 aliphatic rings. The van der Waals surface area contributed by atoms with Gasteiger partial charge in [-0.2, -0.15) is 0 Å².